The van der Waals surface area contributed by atoms with Crippen molar-refractivity contribution in [3.8, 4) is 0 Å². The van der Waals surface area contributed by atoms with Crippen LogP contribution in [0.3, 0.4) is 0 Å². The highest BCUT2D eigenvalue weighted by Crippen LogP contribution is 2.24. The molecule has 0 unspecified atom stereocenters. The lowest BCUT2D eigenvalue weighted by molar-refractivity contribution is 0.663. The fourth-order valence-corrected chi connectivity index (χ4v) is 1.91. The Kier molecular flexibility index (Phi) is 2.99. The third kappa shape index (κ3) is 2.35. The highest BCUT2D eigenvalue weighted by atomic mass is 15.0. The lowest BCUT2D eigenvalue weighted by atomic mass is 9.96. The summed E-state index contributed by atoms with van der Waals surface area (Å²) in [6.45, 7) is 6.69. The number of anilines is 1. The van der Waals surface area contributed by atoms with E-state index in [0.717, 1.165) is 30.8 Å². The van der Waals surface area contributed by atoms with Gasteiger partial charge in [0.05, 0.1) is 0 Å². The first-order chi connectivity index (χ1) is 7.27. The van der Waals surface area contributed by atoms with E-state index >= 15 is 0 Å². The Hall–Kier alpha value is -1.38. The molecule has 0 aromatic carbocycles. The van der Waals surface area contributed by atoms with Crippen LogP contribution in [0.15, 0.2) is 18.5 Å². The van der Waals surface area contributed by atoms with E-state index in [4.69, 9.17) is 0 Å². The first kappa shape index (κ1) is 10.1. The summed E-state index contributed by atoms with van der Waals surface area (Å²) in [5.41, 5.74) is 3.66. The summed E-state index contributed by atoms with van der Waals surface area (Å²) in [5.74, 6) is 1.00. The van der Waals surface area contributed by atoms with Gasteiger partial charge in [0.15, 0.2) is 0 Å². The van der Waals surface area contributed by atoms with Gasteiger partial charge in [-0.25, -0.2) is 9.97 Å². The van der Waals surface area contributed by atoms with Crippen molar-refractivity contribution in [1.82, 2.24) is 9.97 Å². The largest absolute Gasteiger partial charge is 0.366 e. The number of aryl methyl sites for hydroxylation is 1. The van der Waals surface area contributed by atoms with Gasteiger partial charge in [0.25, 0.3) is 0 Å². The van der Waals surface area contributed by atoms with Crippen molar-refractivity contribution in [3.05, 3.63) is 29.7 Å². The van der Waals surface area contributed by atoms with Crippen LogP contribution < -0.4 is 5.32 Å². The molecule has 0 fully saturated rings. The van der Waals surface area contributed by atoms with Crippen molar-refractivity contribution in [2.75, 3.05) is 11.9 Å². The van der Waals surface area contributed by atoms with Gasteiger partial charge < -0.3 is 5.32 Å². The monoisotopic (exact) mass is 203 g/mol. The van der Waals surface area contributed by atoms with Gasteiger partial charge in [-0.1, -0.05) is 12.2 Å². The molecule has 1 N–H and O–H groups in total. The third-order valence-electron chi connectivity index (χ3n) is 2.68. The minimum atomic E-state index is 0.795. The molecule has 0 bridgehead atoms. The number of aromatic nitrogens is 2. The topological polar surface area (TPSA) is 37.8 Å². The molecule has 3 heteroatoms. The summed E-state index contributed by atoms with van der Waals surface area (Å²) in [4.78, 5) is 8.63. The lowest BCUT2D eigenvalue weighted by Crippen LogP contribution is -2.13. The van der Waals surface area contributed by atoms with Gasteiger partial charge in [0, 0.05) is 17.8 Å². The van der Waals surface area contributed by atoms with Crippen LogP contribution in [0.1, 0.15) is 31.0 Å². The predicted octanol–water partition coefficient (Wildman–Crippen LogP) is 2.34. The normalized spacial score (nSPS) is 14.5. The maximum Gasteiger partial charge on any atom is 0.133 e. The molecule has 0 aliphatic heterocycles. The molecule has 0 atom stereocenters. The number of hydrogen-bond acceptors (Lipinski definition) is 3. The molecular weight excluding hydrogens is 186 g/mol. The Morgan fingerprint density at radius 3 is 3.00 bits per heavy atom. The highest BCUT2D eigenvalue weighted by Gasteiger charge is 2.14. The Labute approximate surface area is 90.6 Å². The molecular formula is C12H17N3. The van der Waals surface area contributed by atoms with E-state index in [0.29, 0.717) is 0 Å². The van der Waals surface area contributed by atoms with Crippen LogP contribution in [0.5, 0.6) is 0 Å². The smallest absolute Gasteiger partial charge is 0.133 e. The van der Waals surface area contributed by atoms with Crippen molar-refractivity contribution < 1.29 is 0 Å². The zero-order valence-electron chi connectivity index (χ0n) is 9.21. The van der Waals surface area contributed by atoms with E-state index < -0.39 is 0 Å². The van der Waals surface area contributed by atoms with Gasteiger partial charge in [-0.3, -0.25) is 0 Å². The molecule has 1 aromatic heterocycles. The molecule has 1 heterocycles. The van der Waals surface area contributed by atoms with Gasteiger partial charge in [-0.05, 0) is 32.6 Å². The zero-order chi connectivity index (χ0) is 10.7. The van der Waals surface area contributed by atoms with Crippen LogP contribution in [-0.2, 0) is 12.8 Å². The van der Waals surface area contributed by atoms with E-state index in [2.05, 4.69) is 21.9 Å². The Morgan fingerprint density at radius 2 is 2.20 bits per heavy atom. The molecule has 80 valence electrons. The summed E-state index contributed by atoms with van der Waals surface area (Å²) in [5, 5.41) is 3.32. The maximum absolute atomic E-state index is 4.33. The number of fused-ring (bicyclic) bond motifs is 1. The summed E-state index contributed by atoms with van der Waals surface area (Å²) in [6, 6.07) is 0. The van der Waals surface area contributed by atoms with E-state index in [-0.39, 0.29) is 0 Å². The molecule has 1 aromatic rings. The van der Waals surface area contributed by atoms with E-state index in [1.54, 1.807) is 6.33 Å². The molecule has 15 heavy (non-hydrogen) atoms. The van der Waals surface area contributed by atoms with Crippen LogP contribution in [-0.4, -0.2) is 16.5 Å². The third-order valence-corrected chi connectivity index (χ3v) is 2.68. The van der Waals surface area contributed by atoms with Gasteiger partial charge in [0.2, 0.25) is 0 Å². The van der Waals surface area contributed by atoms with Crippen molar-refractivity contribution in [1.29, 1.82) is 0 Å². The molecule has 1 aliphatic rings. The summed E-state index contributed by atoms with van der Waals surface area (Å²) >= 11 is 0. The van der Waals surface area contributed by atoms with E-state index in [1.165, 1.54) is 24.1 Å². The van der Waals surface area contributed by atoms with E-state index in [9.17, 15) is 0 Å². The Bertz CT molecular complexity index is 371. The van der Waals surface area contributed by atoms with E-state index in [1.807, 2.05) is 6.92 Å². The Morgan fingerprint density at radius 1 is 1.40 bits per heavy atom. The first-order valence-corrected chi connectivity index (χ1v) is 5.48. The SMILES string of the molecule is C=C(C)CNc1ncnc2c1CCCC2. The number of nitrogens with one attached hydrogen (secondary N) is 1. The van der Waals surface area contributed by atoms with Crippen LogP contribution in [0, 0.1) is 0 Å². The average Bonchev–Trinajstić information content (AvgIpc) is 2.26. The molecule has 2 rings (SSSR count). The molecule has 0 spiro atoms. The van der Waals surface area contributed by atoms with Crippen molar-refractivity contribution in [2.24, 2.45) is 0 Å². The molecule has 0 radical (unpaired) electrons. The number of rotatable bonds is 3. The molecule has 1 aliphatic carbocycles. The van der Waals surface area contributed by atoms with Crippen LogP contribution in [0.25, 0.3) is 0 Å². The number of nitrogens with zero attached hydrogens (tertiary/aromatic N) is 2. The standard InChI is InChI=1S/C12H17N3/c1-9(2)7-13-12-10-5-3-4-6-11(10)14-8-15-12/h8H,1,3-7H2,2H3,(H,13,14,15). The van der Waals surface area contributed by atoms with Crippen molar-refractivity contribution >= 4 is 5.82 Å². The fraction of sp³-hybridized carbons (Fsp3) is 0.500. The maximum atomic E-state index is 4.33. The van der Waals surface area contributed by atoms with Crippen molar-refractivity contribution in [3.63, 3.8) is 0 Å². The minimum Gasteiger partial charge on any atom is -0.366 e. The summed E-state index contributed by atoms with van der Waals surface area (Å²) in [7, 11) is 0. The van der Waals surface area contributed by atoms with Gasteiger partial charge in [-0.15, -0.1) is 0 Å². The second-order valence-electron chi connectivity index (χ2n) is 4.17. The Balaban J connectivity index is 2.19. The van der Waals surface area contributed by atoms with Gasteiger partial charge in [-0.2, -0.15) is 0 Å². The second kappa shape index (κ2) is 4.43. The van der Waals surface area contributed by atoms with Crippen LogP contribution in [0.4, 0.5) is 5.82 Å². The number of hydrogen-bond donors (Lipinski definition) is 1. The highest BCUT2D eigenvalue weighted by molar-refractivity contribution is 5.47. The van der Waals surface area contributed by atoms with Crippen LogP contribution in [0.2, 0.25) is 0 Å². The van der Waals surface area contributed by atoms with Gasteiger partial charge >= 0.3 is 0 Å². The summed E-state index contributed by atoms with van der Waals surface area (Å²) < 4.78 is 0. The predicted molar refractivity (Wildman–Crippen MR) is 62.0 cm³/mol. The quantitative estimate of drug-likeness (QED) is 0.766. The van der Waals surface area contributed by atoms with Crippen LogP contribution >= 0.6 is 0 Å². The molecule has 3 nitrogen and oxygen atoms in total. The molecule has 0 saturated carbocycles. The second-order valence-corrected chi connectivity index (χ2v) is 4.17. The average molecular weight is 203 g/mol. The fourth-order valence-electron chi connectivity index (χ4n) is 1.91. The lowest BCUT2D eigenvalue weighted by Gasteiger charge is -2.17. The minimum absolute atomic E-state index is 0.795. The zero-order valence-corrected chi connectivity index (χ0v) is 9.21. The van der Waals surface area contributed by atoms with Gasteiger partial charge in [0.1, 0.15) is 12.1 Å². The van der Waals surface area contributed by atoms with Crippen molar-refractivity contribution in [2.45, 2.75) is 32.6 Å². The first-order valence-electron chi connectivity index (χ1n) is 5.48. The molecule has 0 amide bonds. The summed E-state index contributed by atoms with van der Waals surface area (Å²) in [6.07, 6.45) is 6.37. The molecule has 0 saturated heterocycles.